The van der Waals surface area contributed by atoms with Crippen molar-refractivity contribution >= 4 is 34.3 Å². The number of hydrogen-bond acceptors (Lipinski definition) is 6. The molecule has 0 saturated carbocycles. The predicted molar refractivity (Wildman–Crippen MR) is 123 cm³/mol. The average molecular weight is 434 g/mol. The Labute approximate surface area is 186 Å². The maximum atomic E-state index is 13.2. The maximum absolute atomic E-state index is 13.2. The summed E-state index contributed by atoms with van der Waals surface area (Å²) in [7, 11) is 0. The minimum atomic E-state index is -1.02. The van der Waals surface area contributed by atoms with Crippen LogP contribution >= 0.6 is 0 Å². The third kappa shape index (κ3) is 3.90. The lowest BCUT2D eigenvalue weighted by atomic mass is 10.0. The fourth-order valence-electron chi connectivity index (χ4n) is 4.43. The number of Topliss-reactive ketones (excluding diaryl/α,β-unsaturated/α-hetero) is 2. The van der Waals surface area contributed by atoms with Gasteiger partial charge in [-0.15, -0.1) is 0 Å². The van der Waals surface area contributed by atoms with Crippen molar-refractivity contribution in [1.82, 2.24) is 9.97 Å². The summed E-state index contributed by atoms with van der Waals surface area (Å²) in [4.78, 5) is 47.9. The van der Waals surface area contributed by atoms with E-state index in [1.165, 1.54) is 6.92 Å². The Bertz CT molecular complexity index is 1220. The molecule has 1 N–H and O–H groups in total. The summed E-state index contributed by atoms with van der Waals surface area (Å²) in [5, 5.41) is 0.836. The van der Waals surface area contributed by atoms with Crippen LogP contribution in [0.3, 0.4) is 0 Å². The molecule has 1 aromatic carbocycles. The molecule has 0 bridgehead atoms. The summed E-state index contributed by atoms with van der Waals surface area (Å²) >= 11 is 0. The van der Waals surface area contributed by atoms with Crippen LogP contribution in [0.5, 0.6) is 0 Å². The smallest absolute Gasteiger partial charge is 0.342 e. The van der Waals surface area contributed by atoms with Crippen molar-refractivity contribution in [2.24, 2.45) is 0 Å². The molecule has 166 valence electrons. The van der Waals surface area contributed by atoms with Gasteiger partial charge in [-0.05, 0) is 58.2 Å². The Morgan fingerprint density at radius 1 is 1.12 bits per heavy atom. The first kappa shape index (κ1) is 21.7. The van der Waals surface area contributed by atoms with Gasteiger partial charge >= 0.3 is 5.97 Å². The van der Waals surface area contributed by atoms with Crippen molar-refractivity contribution in [2.45, 2.75) is 46.6 Å². The van der Waals surface area contributed by atoms with E-state index in [4.69, 9.17) is 9.72 Å². The molecule has 1 atom stereocenters. The van der Waals surface area contributed by atoms with Crippen LogP contribution in [0.1, 0.15) is 69.2 Å². The van der Waals surface area contributed by atoms with Gasteiger partial charge < -0.3 is 14.6 Å². The number of H-pyrrole nitrogens is 1. The number of rotatable bonds is 6. The Hall–Kier alpha value is -3.48. The number of nitrogens with zero attached hydrogens (tertiary/aromatic N) is 2. The third-order valence-electron chi connectivity index (χ3n) is 6.02. The number of aromatic amines is 1. The molecule has 1 fully saturated rings. The standard InChI is InChI=1S/C25H27N3O4/c1-14-21(16(3)29)15(2)26-22(14)23(30)17(4)32-25(31)19-13-18-9-5-6-10-20(18)27-24(19)28-11-7-8-12-28/h5-6,9-10,13,17,26H,7-8,11-12H2,1-4H3. The van der Waals surface area contributed by atoms with Gasteiger partial charge in [0.2, 0.25) is 5.78 Å². The highest BCUT2D eigenvalue weighted by Gasteiger charge is 2.29. The first-order chi connectivity index (χ1) is 15.3. The van der Waals surface area contributed by atoms with Crippen LogP contribution in [-0.2, 0) is 4.74 Å². The zero-order valence-electron chi connectivity index (χ0n) is 18.8. The number of benzene rings is 1. The molecule has 4 rings (SSSR count). The molecule has 0 aliphatic carbocycles. The molecule has 7 nitrogen and oxygen atoms in total. The first-order valence-electron chi connectivity index (χ1n) is 10.9. The number of nitrogens with one attached hydrogen (secondary N) is 1. The van der Waals surface area contributed by atoms with Crippen LogP contribution in [0.15, 0.2) is 30.3 Å². The maximum Gasteiger partial charge on any atom is 0.342 e. The lowest BCUT2D eigenvalue weighted by Crippen LogP contribution is -2.28. The van der Waals surface area contributed by atoms with Gasteiger partial charge in [0.25, 0.3) is 0 Å². The molecule has 1 unspecified atom stereocenters. The highest BCUT2D eigenvalue weighted by Crippen LogP contribution is 2.28. The van der Waals surface area contributed by atoms with Crippen molar-refractivity contribution in [3.05, 3.63) is 58.4 Å². The Morgan fingerprint density at radius 2 is 1.81 bits per heavy atom. The lowest BCUT2D eigenvalue weighted by Gasteiger charge is -2.21. The third-order valence-corrected chi connectivity index (χ3v) is 6.02. The summed E-state index contributed by atoms with van der Waals surface area (Å²) in [6, 6.07) is 9.41. The van der Waals surface area contributed by atoms with Crippen molar-refractivity contribution < 1.29 is 19.1 Å². The minimum Gasteiger partial charge on any atom is -0.450 e. The normalized spacial score (nSPS) is 14.6. The van der Waals surface area contributed by atoms with Crippen molar-refractivity contribution in [2.75, 3.05) is 18.0 Å². The molecule has 2 aromatic heterocycles. The number of pyridine rings is 1. The fourth-order valence-corrected chi connectivity index (χ4v) is 4.43. The van der Waals surface area contributed by atoms with Gasteiger partial charge in [-0.1, -0.05) is 18.2 Å². The van der Waals surface area contributed by atoms with E-state index in [-0.39, 0.29) is 11.6 Å². The van der Waals surface area contributed by atoms with E-state index in [0.29, 0.717) is 33.9 Å². The Morgan fingerprint density at radius 3 is 2.47 bits per heavy atom. The molecule has 1 aliphatic rings. The molecular formula is C25H27N3O4. The quantitative estimate of drug-likeness (QED) is 0.457. The zero-order valence-corrected chi connectivity index (χ0v) is 18.8. The van der Waals surface area contributed by atoms with E-state index in [0.717, 1.165) is 36.8 Å². The summed E-state index contributed by atoms with van der Waals surface area (Å²) in [6.45, 7) is 8.14. The molecular weight excluding hydrogens is 406 g/mol. The van der Waals surface area contributed by atoms with Gasteiger partial charge in [0.05, 0.1) is 11.2 Å². The highest BCUT2D eigenvalue weighted by molar-refractivity contribution is 6.06. The average Bonchev–Trinajstić information content (AvgIpc) is 3.40. The van der Waals surface area contributed by atoms with Crippen LogP contribution in [0.25, 0.3) is 10.9 Å². The first-order valence-corrected chi connectivity index (χ1v) is 10.9. The topological polar surface area (TPSA) is 92.4 Å². The van der Waals surface area contributed by atoms with Crippen molar-refractivity contribution in [1.29, 1.82) is 0 Å². The number of ether oxygens (including phenoxy) is 1. The summed E-state index contributed by atoms with van der Waals surface area (Å²) in [5.74, 6) is -0.476. The lowest BCUT2D eigenvalue weighted by molar-refractivity contribution is 0.0317. The van der Waals surface area contributed by atoms with E-state index >= 15 is 0 Å². The molecule has 0 radical (unpaired) electrons. The van der Waals surface area contributed by atoms with Gasteiger partial charge in [-0.25, -0.2) is 9.78 Å². The number of carbonyl (C=O) groups excluding carboxylic acids is 3. The van der Waals surface area contributed by atoms with Crippen molar-refractivity contribution in [3.8, 4) is 0 Å². The molecule has 32 heavy (non-hydrogen) atoms. The second-order valence-electron chi connectivity index (χ2n) is 8.34. The van der Waals surface area contributed by atoms with Crippen LogP contribution < -0.4 is 4.90 Å². The van der Waals surface area contributed by atoms with Crippen LogP contribution in [0.4, 0.5) is 5.82 Å². The van der Waals surface area contributed by atoms with E-state index in [2.05, 4.69) is 9.88 Å². The number of fused-ring (bicyclic) bond motifs is 1. The van der Waals surface area contributed by atoms with Gasteiger partial charge in [0.15, 0.2) is 11.9 Å². The minimum absolute atomic E-state index is 0.113. The molecule has 3 heterocycles. The van der Waals surface area contributed by atoms with Gasteiger partial charge in [0.1, 0.15) is 11.4 Å². The summed E-state index contributed by atoms with van der Waals surface area (Å²) in [5.41, 5.74) is 3.17. The van der Waals surface area contributed by atoms with E-state index < -0.39 is 12.1 Å². The molecule has 7 heteroatoms. The monoisotopic (exact) mass is 433 g/mol. The molecule has 1 saturated heterocycles. The number of para-hydroxylation sites is 1. The van der Waals surface area contributed by atoms with E-state index in [9.17, 15) is 14.4 Å². The van der Waals surface area contributed by atoms with Gasteiger partial charge in [-0.2, -0.15) is 0 Å². The van der Waals surface area contributed by atoms with Gasteiger partial charge in [0, 0.05) is 29.7 Å². The highest BCUT2D eigenvalue weighted by atomic mass is 16.5. The number of hydrogen-bond donors (Lipinski definition) is 1. The van der Waals surface area contributed by atoms with Crippen molar-refractivity contribution in [3.63, 3.8) is 0 Å². The number of esters is 1. The zero-order chi connectivity index (χ0) is 23.0. The number of anilines is 1. The van der Waals surface area contributed by atoms with Gasteiger partial charge in [-0.3, -0.25) is 9.59 Å². The SMILES string of the molecule is CC(=O)c1c(C)[nH]c(C(=O)C(C)OC(=O)c2cc3ccccc3nc2N2CCCC2)c1C. The fraction of sp³-hybridized carbons (Fsp3) is 0.360. The largest absolute Gasteiger partial charge is 0.450 e. The summed E-state index contributed by atoms with van der Waals surface area (Å²) in [6.07, 6.45) is 1.07. The predicted octanol–water partition coefficient (Wildman–Crippen LogP) is 4.41. The molecule has 0 spiro atoms. The molecule has 1 aliphatic heterocycles. The summed E-state index contributed by atoms with van der Waals surface area (Å²) < 4.78 is 5.61. The number of carbonyl (C=O) groups is 3. The second-order valence-corrected chi connectivity index (χ2v) is 8.34. The Kier molecular flexibility index (Phi) is 5.82. The molecule has 3 aromatic rings. The number of aryl methyl sites for hydroxylation is 1. The molecule has 0 amide bonds. The number of ketones is 2. The second kappa shape index (κ2) is 8.57. The van der Waals surface area contributed by atoms with Crippen LogP contribution in [0.2, 0.25) is 0 Å². The Balaban J connectivity index is 1.63. The number of aromatic nitrogens is 2. The van der Waals surface area contributed by atoms with E-state index in [1.807, 2.05) is 24.3 Å². The van der Waals surface area contributed by atoms with Crippen LogP contribution in [-0.4, -0.2) is 46.7 Å². The van der Waals surface area contributed by atoms with E-state index in [1.54, 1.807) is 26.8 Å². The van der Waals surface area contributed by atoms with Crippen LogP contribution in [0, 0.1) is 13.8 Å².